The van der Waals surface area contributed by atoms with Crippen LogP contribution in [0.4, 0.5) is 0 Å². The van der Waals surface area contributed by atoms with Crippen LogP contribution in [-0.4, -0.2) is 59.4 Å². The minimum atomic E-state index is -0.493. The predicted octanol–water partition coefficient (Wildman–Crippen LogP) is 3.92. The molecule has 9 heteroatoms. The molecule has 4 rings (SSSR count). The summed E-state index contributed by atoms with van der Waals surface area (Å²) in [6, 6.07) is 5.90. The lowest BCUT2D eigenvalue weighted by Crippen LogP contribution is -2.32. The molecule has 0 N–H and O–H groups in total. The van der Waals surface area contributed by atoms with E-state index >= 15 is 0 Å². The maximum absolute atomic E-state index is 13.2. The van der Waals surface area contributed by atoms with Crippen molar-refractivity contribution in [3.8, 4) is 11.5 Å². The van der Waals surface area contributed by atoms with E-state index in [0.717, 1.165) is 29.9 Å². The van der Waals surface area contributed by atoms with Crippen LogP contribution in [0.5, 0.6) is 11.5 Å². The van der Waals surface area contributed by atoms with Gasteiger partial charge in [-0.15, -0.1) is 0 Å². The van der Waals surface area contributed by atoms with E-state index in [-0.39, 0.29) is 23.6 Å². The number of esters is 1. The Kier molecular flexibility index (Phi) is 7.07. The molecule has 1 fully saturated rings. The van der Waals surface area contributed by atoms with Crippen LogP contribution in [0.25, 0.3) is 0 Å². The Morgan fingerprint density at radius 2 is 1.97 bits per heavy atom. The summed E-state index contributed by atoms with van der Waals surface area (Å²) in [5.74, 6) is 1.91. The second-order valence-corrected chi connectivity index (χ2v) is 9.39. The molecule has 1 saturated heterocycles. The van der Waals surface area contributed by atoms with E-state index in [1.165, 1.54) is 18.9 Å². The fourth-order valence-corrected chi connectivity index (χ4v) is 5.12. The van der Waals surface area contributed by atoms with Crippen molar-refractivity contribution in [2.45, 2.75) is 50.6 Å². The highest BCUT2D eigenvalue weighted by atomic mass is 32.2. The average Bonchev–Trinajstić information content (AvgIpc) is 3.31. The van der Waals surface area contributed by atoms with Crippen molar-refractivity contribution in [3.05, 3.63) is 40.8 Å². The quantitative estimate of drug-likeness (QED) is 0.356. The number of methoxy groups -OCH3 is 1. The lowest BCUT2D eigenvalue weighted by molar-refractivity contribution is -0.129. The van der Waals surface area contributed by atoms with Gasteiger partial charge in [0.25, 0.3) is 0 Å². The van der Waals surface area contributed by atoms with Gasteiger partial charge in [-0.05, 0) is 37.5 Å². The van der Waals surface area contributed by atoms with Crippen LogP contribution in [0.3, 0.4) is 0 Å². The van der Waals surface area contributed by atoms with Gasteiger partial charge < -0.3 is 19.1 Å². The minimum Gasteiger partial charge on any atom is -0.486 e. The van der Waals surface area contributed by atoms with Crippen molar-refractivity contribution in [1.82, 2.24) is 14.9 Å². The molecular formula is C24H29N3O5S. The summed E-state index contributed by atoms with van der Waals surface area (Å²) in [4.78, 5) is 36.5. The lowest BCUT2D eigenvalue weighted by atomic mass is 10.0. The summed E-state index contributed by atoms with van der Waals surface area (Å²) < 4.78 is 16.3. The van der Waals surface area contributed by atoms with Gasteiger partial charge in [0.05, 0.1) is 24.6 Å². The third-order valence-corrected chi connectivity index (χ3v) is 6.80. The largest absolute Gasteiger partial charge is 0.486 e. The first-order valence-corrected chi connectivity index (χ1v) is 12.2. The van der Waals surface area contributed by atoms with Gasteiger partial charge in [0.2, 0.25) is 5.91 Å². The number of fused-ring (bicyclic) bond motifs is 1. The van der Waals surface area contributed by atoms with Crippen LogP contribution in [0, 0.1) is 6.92 Å². The number of aryl methyl sites for hydroxylation is 1. The third-order valence-electron chi connectivity index (χ3n) is 5.84. The molecule has 3 heterocycles. The minimum absolute atomic E-state index is 0.00707. The monoisotopic (exact) mass is 471 g/mol. The SMILES string of the molecule is COC(=O)c1c(C)nc(C(C)C)nc1SCC(=O)N1CCC[C@H]1c1ccc2c(c1)OCCO2. The highest BCUT2D eigenvalue weighted by Gasteiger charge is 2.31. The Morgan fingerprint density at radius 3 is 2.70 bits per heavy atom. The van der Waals surface area contributed by atoms with E-state index in [2.05, 4.69) is 9.97 Å². The molecule has 2 aliphatic rings. The van der Waals surface area contributed by atoms with E-state index in [0.29, 0.717) is 41.9 Å². The van der Waals surface area contributed by atoms with Gasteiger partial charge in [-0.25, -0.2) is 14.8 Å². The number of amides is 1. The van der Waals surface area contributed by atoms with Crippen LogP contribution in [0.2, 0.25) is 0 Å². The van der Waals surface area contributed by atoms with Crippen molar-refractivity contribution in [3.63, 3.8) is 0 Å². The van der Waals surface area contributed by atoms with E-state index in [1.807, 2.05) is 36.9 Å². The summed E-state index contributed by atoms with van der Waals surface area (Å²) in [7, 11) is 1.33. The molecule has 1 aromatic carbocycles. The van der Waals surface area contributed by atoms with E-state index in [4.69, 9.17) is 14.2 Å². The molecule has 176 valence electrons. The zero-order valence-electron chi connectivity index (χ0n) is 19.4. The highest BCUT2D eigenvalue weighted by Crippen LogP contribution is 2.38. The van der Waals surface area contributed by atoms with Gasteiger partial charge in [0.1, 0.15) is 29.6 Å². The Bertz CT molecular complexity index is 1060. The van der Waals surface area contributed by atoms with E-state index in [9.17, 15) is 9.59 Å². The summed E-state index contributed by atoms with van der Waals surface area (Å²) in [5, 5.41) is 0.487. The Labute approximate surface area is 198 Å². The predicted molar refractivity (Wildman–Crippen MR) is 124 cm³/mol. The van der Waals surface area contributed by atoms with Gasteiger partial charge in [-0.2, -0.15) is 0 Å². The first kappa shape index (κ1) is 23.4. The van der Waals surface area contributed by atoms with Crippen LogP contribution in [0.15, 0.2) is 23.2 Å². The van der Waals surface area contributed by atoms with Gasteiger partial charge in [0.15, 0.2) is 11.5 Å². The molecule has 1 atom stereocenters. The number of likely N-dealkylation sites (tertiary alicyclic amines) is 1. The number of aromatic nitrogens is 2. The van der Waals surface area contributed by atoms with Crippen molar-refractivity contribution in [2.24, 2.45) is 0 Å². The first-order chi connectivity index (χ1) is 15.9. The fraction of sp³-hybridized carbons (Fsp3) is 0.500. The molecule has 0 aliphatic carbocycles. The third kappa shape index (κ3) is 4.93. The van der Waals surface area contributed by atoms with Gasteiger partial charge in [0, 0.05) is 12.5 Å². The molecule has 1 aromatic heterocycles. The Morgan fingerprint density at radius 1 is 1.21 bits per heavy atom. The number of ether oxygens (including phenoxy) is 3. The van der Waals surface area contributed by atoms with Crippen molar-refractivity contribution < 1.29 is 23.8 Å². The van der Waals surface area contributed by atoms with Crippen molar-refractivity contribution in [2.75, 3.05) is 32.6 Å². The van der Waals surface area contributed by atoms with E-state index < -0.39 is 5.97 Å². The summed E-state index contributed by atoms with van der Waals surface area (Å²) in [5.41, 5.74) is 1.93. The Hall–Kier alpha value is -2.81. The number of hydrogen-bond acceptors (Lipinski definition) is 8. The summed E-state index contributed by atoms with van der Waals surface area (Å²) in [6.45, 7) is 7.53. The molecule has 1 amide bonds. The van der Waals surface area contributed by atoms with E-state index in [1.54, 1.807) is 6.92 Å². The van der Waals surface area contributed by atoms with Gasteiger partial charge >= 0.3 is 5.97 Å². The fourth-order valence-electron chi connectivity index (χ4n) is 4.16. The summed E-state index contributed by atoms with van der Waals surface area (Å²) >= 11 is 1.26. The Balaban J connectivity index is 1.52. The average molecular weight is 472 g/mol. The molecule has 0 unspecified atom stereocenters. The standard InChI is InChI=1S/C24H29N3O5S/c1-14(2)22-25-15(3)21(24(29)30-4)23(26-22)33-13-20(28)27-9-5-6-17(27)16-7-8-18-19(12-16)32-11-10-31-18/h7-8,12,14,17H,5-6,9-11,13H2,1-4H3/t17-/m0/s1. The normalized spacial score (nSPS) is 17.4. The molecule has 0 saturated carbocycles. The molecule has 0 radical (unpaired) electrons. The molecule has 8 nitrogen and oxygen atoms in total. The molecule has 33 heavy (non-hydrogen) atoms. The molecule has 0 bridgehead atoms. The number of benzene rings is 1. The molecule has 2 aromatic rings. The first-order valence-electron chi connectivity index (χ1n) is 11.2. The number of hydrogen-bond donors (Lipinski definition) is 0. The number of carbonyl (C=O) groups excluding carboxylic acids is 2. The highest BCUT2D eigenvalue weighted by molar-refractivity contribution is 8.00. The number of carbonyl (C=O) groups is 2. The van der Waals surface area contributed by atoms with Crippen molar-refractivity contribution >= 4 is 23.6 Å². The maximum Gasteiger partial charge on any atom is 0.342 e. The zero-order chi connectivity index (χ0) is 23.5. The van der Waals surface area contributed by atoms with Crippen LogP contribution in [-0.2, 0) is 9.53 Å². The molecular weight excluding hydrogens is 442 g/mol. The lowest BCUT2D eigenvalue weighted by Gasteiger charge is -2.27. The van der Waals surface area contributed by atoms with Gasteiger partial charge in [-0.1, -0.05) is 31.7 Å². The maximum atomic E-state index is 13.2. The van der Waals surface area contributed by atoms with Gasteiger partial charge in [-0.3, -0.25) is 4.79 Å². The number of nitrogens with zero attached hydrogens (tertiary/aromatic N) is 3. The topological polar surface area (TPSA) is 90.9 Å². The molecule has 2 aliphatic heterocycles. The number of thioether (sulfide) groups is 1. The zero-order valence-corrected chi connectivity index (χ0v) is 20.2. The molecule has 0 spiro atoms. The van der Waals surface area contributed by atoms with Crippen LogP contribution in [0.1, 0.15) is 66.1 Å². The second kappa shape index (κ2) is 9.99. The van der Waals surface area contributed by atoms with Crippen molar-refractivity contribution in [1.29, 1.82) is 0 Å². The second-order valence-electron chi connectivity index (χ2n) is 8.43. The van der Waals surface area contributed by atoms with Crippen LogP contribution < -0.4 is 9.47 Å². The van der Waals surface area contributed by atoms with Crippen LogP contribution >= 0.6 is 11.8 Å². The number of rotatable bonds is 6. The smallest absolute Gasteiger partial charge is 0.342 e. The summed E-state index contributed by atoms with van der Waals surface area (Å²) in [6.07, 6.45) is 1.83.